The molecule has 5 nitrogen and oxygen atoms in total. The van der Waals surface area contributed by atoms with Gasteiger partial charge in [-0.25, -0.2) is 0 Å². The molecular formula is C21H26F2IN3O2. The van der Waals surface area contributed by atoms with E-state index in [4.69, 9.17) is 4.74 Å². The Morgan fingerprint density at radius 1 is 1.10 bits per heavy atom. The zero-order valence-electron chi connectivity index (χ0n) is 16.3. The molecule has 8 heteroatoms. The summed E-state index contributed by atoms with van der Waals surface area (Å²) in [6.45, 7) is -0.666. The Balaban J connectivity index is 0.00000300. The number of piperidine rings is 1. The molecule has 2 aromatic rings. The molecule has 0 unspecified atom stereocenters. The molecule has 29 heavy (non-hydrogen) atoms. The maximum atomic E-state index is 12.4. The van der Waals surface area contributed by atoms with Crippen LogP contribution in [-0.4, -0.2) is 43.7 Å². The highest BCUT2D eigenvalue weighted by Gasteiger charge is 2.22. The van der Waals surface area contributed by atoms with Gasteiger partial charge in [-0.1, -0.05) is 30.3 Å². The van der Waals surface area contributed by atoms with Crippen LogP contribution < -0.4 is 14.8 Å². The number of nitrogens with zero attached hydrogens (tertiary/aromatic N) is 2. The highest BCUT2D eigenvalue weighted by Crippen LogP contribution is 2.19. The predicted octanol–water partition coefficient (Wildman–Crippen LogP) is 4.52. The summed E-state index contributed by atoms with van der Waals surface area (Å²) in [6.07, 6.45) is 2.01. The summed E-state index contributed by atoms with van der Waals surface area (Å²) in [7, 11) is 1.74. The largest absolute Gasteiger partial charge is 0.490 e. The van der Waals surface area contributed by atoms with Crippen molar-refractivity contribution in [3.8, 4) is 11.5 Å². The van der Waals surface area contributed by atoms with Crippen molar-refractivity contribution in [1.82, 2.24) is 10.2 Å². The van der Waals surface area contributed by atoms with Crippen LogP contribution in [-0.2, 0) is 6.54 Å². The summed E-state index contributed by atoms with van der Waals surface area (Å²) in [5.41, 5.74) is 0.849. The van der Waals surface area contributed by atoms with Gasteiger partial charge in [-0.3, -0.25) is 4.99 Å². The van der Waals surface area contributed by atoms with Gasteiger partial charge in [0.05, 0.1) is 0 Å². The zero-order valence-corrected chi connectivity index (χ0v) is 18.6. The molecule has 1 saturated heterocycles. The Bertz CT molecular complexity index is 770. The van der Waals surface area contributed by atoms with E-state index in [1.54, 1.807) is 19.2 Å². The Hall–Kier alpha value is -2.10. The van der Waals surface area contributed by atoms with Gasteiger partial charge in [0.25, 0.3) is 0 Å². The lowest BCUT2D eigenvalue weighted by Gasteiger charge is -2.34. The molecular weight excluding hydrogens is 491 g/mol. The molecule has 0 bridgehead atoms. The van der Waals surface area contributed by atoms with E-state index in [0.29, 0.717) is 6.54 Å². The SMILES string of the molecule is CN=C(NCc1cccc(OC(F)F)c1)N1CCC(Oc2ccccc2)CC1.I. The number of likely N-dealkylation sites (tertiary alicyclic amines) is 1. The van der Waals surface area contributed by atoms with Gasteiger partial charge in [0.2, 0.25) is 0 Å². The van der Waals surface area contributed by atoms with Crippen LogP contribution in [0, 0.1) is 0 Å². The fraction of sp³-hybridized carbons (Fsp3) is 0.381. The summed E-state index contributed by atoms with van der Waals surface area (Å²) in [5, 5.41) is 3.29. The van der Waals surface area contributed by atoms with Crippen LogP contribution in [0.25, 0.3) is 0 Å². The first-order chi connectivity index (χ1) is 13.6. The first kappa shape index (κ1) is 23.2. The Morgan fingerprint density at radius 3 is 2.45 bits per heavy atom. The molecule has 2 aromatic carbocycles. The highest BCUT2D eigenvalue weighted by atomic mass is 127. The number of aliphatic imine (C=N–C) groups is 1. The quantitative estimate of drug-likeness (QED) is 0.348. The average Bonchev–Trinajstić information content (AvgIpc) is 2.70. The summed E-state index contributed by atoms with van der Waals surface area (Å²) < 4.78 is 35.2. The number of rotatable bonds is 6. The average molecular weight is 517 g/mol. The third-order valence-corrected chi connectivity index (χ3v) is 4.57. The minimum atomic E-state index is -2.82. The fourth-order valence-corrected chi connectivity index (χ4v) is 3.22. The third-order valence-electron chi connectivity index (χ3n) is 4.57. The summed E-state index contributed by atoms with van der Waals surface area (Å²) in [4.78, 5) is 6.53. The summed E-state index contributed by atoms with van der Waals surface area (Å²) >= 11 is 0. The molecule has 0 aromatic heterocycles. The maximum Gasteiger partial charge on any atom is 0.387 e. The second-order valence-corrected chi connectivity index (χ2v) is 6.54. The van der Waals surface area contributed by atoms with Gasteiger partial charge in [-0.05, 0) is 29.8 Å². The molecule has 1 N–H and O–H groups in total. The van der Waals surface area contributed by atoms with E-state index in [9.17, 15) is 8.78 Å². The van der Waals surface area contributed by atoms with Crippen molar-refractivity contribution in [2.45, 2.75) is 32.1 Å². The number of nitrogens with one attached hydrogen (secondary N) is 1. The molecule has 158 valence electrons. The number of hydrogen-bond donors (Lipinski definition) is 1. The molecule has 3 rings (SSSR count). The van der Waals surface area contributed by atoms with Crippen LogP contribution in [0.3, 0.4) is 0 Å². The van der Waals surface area contributed by atoms with Crippen LogP contribution in [0.5, 0.6) is 11.5 Å². The van der Waals surface area contributed by atoms with Crippen LogP contribution in [0.2, 0.25) is 0 Å². The van der Waals surface area contributed by atoms with Crippen molar-refractivity contribution in [3.05, 3.63) is 60.2 Å². The first-order valence-electron chi connectivity index (χ1n) is 9.35. The molecule has 0 atom stereocenters. The number of para-hydroxylation sites is 1. The van der Waals surface area contributed by atoms with Gasteiger partial charge in [0.1, 0.15) is 17.6 Å². The minimum absolute atomic E-state index is 0. The molecule has 1 aliphatic rings. The van der Waals surface area contributed by atoms with Crippen molar-refractivity contribution in [1.29, 1.82) is 0 Å². The Labute approximate surface area is 187 Å². The summed E-state index contributed by atoms with van der Waals surface area (Å²) in [5.74, 6) is 1.84. The molecule has 1 fully saturated rings. The number of ether oxygens (including phenoxy) is 2. The predicted molar refractivity (Wildman–Crippen MR) is 120 cm³/mol. The van der Waals surface area contributed by atoms with Gasteiger partial charge in [0.15, 0.2) is 5.96 Å². The molecule has 0 saturated carbocycles. The second-order valence-electron chi connectivity index (χ2n) is 6.54. The van der Waals surface area contributed by atoms with Crippen molar-refractivity contribution < 1.29 is 18.3 Å². The number of benzene rings is 2. The summed E-state index contributed by atoms with van der Waals surface area (Å²) in [6, 6.07) is 16.5. The van der Waals surface area contributed by atoms with Crippen LogP contribution >= 0.6 is 24.0 Å². The van der Waals surface area contributed by atoms with Crippen molar-refractivity contribution in [3.63, 3.8) is 0 Å². The van der Waals surface area contributed by atoms with E-state index in [-0.39, 0.29) is 35.8 Å². The second kappa shape index (κ2) is 11.8. The Morgan fingerprint density at radius 2 is 1.79 bits per heavy atom. The molecule has 1 aliphatic heterocycles. The van der Waals surface area contributed by atoms with Gasteiger partial charge in [-0.15, -0.1) is 24.0 Å². The molecule has 0 radical (unpaired) electrons. The number of alkyl halides is 2. The molecule has 0 spiro atoms. The number of guanidine groups is 1. The van der Waals surface area contributed by atoms with E-state index in [1.165, 1.54) is 6.07 Å². The molecule has 0 aliphatic carbocycles. The highest BCUT2D eigenvalue weighted by molar-refractivity contribution is 14.0. The minimum Gasteiger partial charge on any atom is -0.490 e. The van der Waals surface area contributed by atoms with Gasteiger partial charge in [-0.2, -0.15) is 8.78 Å². The molecule has 0 amide bonds. The smallest absolute Gasteiger partial charge is 0.387 e. The first-order valence-corrected chi connectivity index (χ1v) is 9.35. The van der Waals surface area contributed by atoms with E-state index in [1.807, 2.05) is 36.4 Å². The van der Waals surface area contributed by atoms with Crippen LogP contribution in [0.15, 0.2) is 59.6 Å². The van der Waals surface area contributed by atoms with Gasteiger partial charge >= 0.3 is 6.61 Å². The normalized spacial score (nSPS) is 15.0. The van der Waals surface area contributed by atoms with E-state index < -0.39 is 6.61 Å². The van der Waals surface area contributed by atoms with Gasteiger partial charge in [0, 0.05) is 39.5 Å². The zero-order chi connectivity index (χ0) is 19.8. The van der Waals surface area contributed by atoms with Crippen LogP contribution in [0.1, 0.15) is 18.4 Å². The van der Waals surface area contributed by atoms with E-state index in [2.05, 4.69) is 19.9 Å². The topological polar surface area (TPSA) is 46.1 Å². The van der Waals surface area contributed by atoms with E-state index >= 15 is 0 Å². The van der Waals surface area contributed by atoms with Crippen molar-refractivity contribution in [2.24, 2.45) is 4.99 Å². The monoisotopic (exact) mass is 517 g/mol. The lowest BCUT2D eigenvalue weighted by Crippen LogP contribution is -2.47. The number of halogens is 3. The van der Waals surface area contributed by atoms with Crippen LogP contribution in [0.4, 0.5) is 8.78 Å². The lowest BCUT2D eigenvalue weighted by molar-refractivity contribution is -0.0498. The third kappa shape index (κ3) is 7.34. The number of hydrogen-bond acceptors (Lipinski definition) is 3. The standard InChI is InChI=1S/C21H25F2N3O2.HI/c1-24-21(25-15-16-6-5-9-19(14-16)28-20(22)23)26-12-10-18(11-13-26)27-17-7-3-2-4-8-17;/h2-9,14,18,20H,10-13,15H2,1H3,(H,24,25);1H. The maximum absolute atomic E-state index is 12.4. The fourth-order valence-electron chi connectivity index (χ4n) is 3.22. The van der Waals surface area contributed by atoms with E-state index in [0.717, 1.165) is 43.2 Å². The Kier molecular flexibility index (Phi) is 9.43. The van der Waals surface area contributed by atoms with Crippen molar-refractivity contribution >= 4 is 29.9 Å². The van der Waals surface area contributed by atoms with Gasteiger partial charge < -0.3 is 19.7 Å². The lowest BCUT2D eigenvalue weighted by atomic mass is 10.1. The molecule has 1 heterocycles. The van der Waals surface area contributed by atoms with Crippen molar-refractivity contribution in [2.75, 3.05) is 20.1 Å².